The normalized spacial score (nSPS) is 12.3. The molecule has 0 aliphatic rings. The summed E-state index contributed by atoms with van der Waals surface area (Å²) in [6, 6.07) is 71.2. The average molecular weight is 1250 g/mol. The van der Waals surface area contributed by atoms with E-state index in [-0.39, 0.29) is 43.1 Å². The van der Waals surface area contributed by atoms with Crippen LogP contribution in [-0.2, 0) is 37.3 Å². The molecule has 0 aliphatic heterocycles. The third kappa shape index (κ3) is 9.24. The first kappa shape index (κ1) is 54.2. The van der Waals surface area contributed by atoms with E-state index in [2.05, 4.69) is 275 Å². The number of phenols is 1. The number of pyridine rings is 1. The van der Waals surface area contributed by atoms with Gasteiger partial charge >= 0.3 is 0 Å². The molecule has 10 aromatic carbocycles. The fraction of sp³-hybridized carbons (Fsp3) is 0.184. The Bertz CT molecular complexity index is 4640. The predicted molar refractivity (Wildman–Crippen MR) is 340 cm³/mol. The van der Waals surface area contributed by atoms with Crippen LogP contribution in [0.4, 0.5) is 0 Å². The maximum absolute atomic E-state index is 12.9. The number of phenolic OH excluding ortho intramolecular Hbond substituents is 1. The predicted octanol–water partition coefficient (Wildman–Crippen LogP) is 20.6. The number of aromatic nitrogens is 3. The molecule has 0 saturated heterocycles. The summed E-state index contributed by atoms with van der Waals surface area (Å²) in [7, 11) is 0. The molecule has 13 aromatic rings. The number of aryl methyl sites for hydroxylation is 2. The number of imidazole rings is 1. The van der Waals surface area contributed by atoms with Gasteiger partial charge in [0.2, 0.25) is 0 Å². The van der Waals surface area contributed by atoms with Crippen LogP contribution in [0, 0.1) is 19.9 Å². The van der Waals surface area contributed by atoms with Gasteiger partial charge in [-0.2, -0.15) is 0 Å². The van der Waals surface area contributed by atoms with E-state index in [0.717, 1.165) is 105 Å². The van der Waals surface area contributed by atoms with Gasteiger partial charge in [0, 0.05) is 54.9 Å². The fourth-order valence-electron chi connectivity index (χ4n) is 12.3. The Morgan fingerprint density at radius 2 is 1.10 bits per heavy atom. The van der Waals surface area contributed by atoms with Crippen molar-refractivity contribution in [3.63, 3.8) is 0 Å². The standard InChI is InChI=1S/C76H66N3O2.Pt/c1-45-37-50(47-23-14-12-15-24-47)38-46(2)67(45)49-35-36-77-64(41-49)51-39-60(71-61(40-51)68-56-29-20-18-27-54(56)55-28-19-21-30-58(55)72(68)81-71)57-31-22-32-66-69(57)78-73(62-43-53(75(6,7)8)44-63(70(62)80)76(9,10)11)79(66)65-34-33-52(74(3,4)5)42-59(65)48-25-16-13-17-26-48;/h12-38,40-44,80H,1-11H3;/q-1;. The van der Waals surface area contributed by atoms with Gasteiger partial charge in [0.25, 0.3) is 0 Å². The molecule has 13 rings (SSSR count). The van der Waals surface area contributed by atoms with Crippen molar-refractivity contribution >= 4 is 54.5 Å². The van der Waals surface area contributed by atoms with Crippen LogP contribution < -0.4 is 0 Å². The van der Waals surface area contributed by atoms with E-state index in [4.69, 9.17) is 14.4 Å². The van der Waals surface area contributed by atoms with Gasteiger partial charge in [-0.3, -0.25) is 9.55 Å². The summed E-state index contributed by atoms with van der Waals surface area (Å²) in [5, 5.41) is 19.3. The number of furan rings is 1. The summed E-state index contributed by atoms with van der Waals surface area (Å²) in [4.78, 5) is 11.0. The summed E-state index contributed by atoms with van der Waals surface area (Å²) < 4.78 is 9.68. The largest absolute Gasteiger partial charge is 0.507 e. The number of hydrogen-bond donors (Lipinski definition) is 1. The van der Waals surface area contributed by atoms with E-state index in [9.17, 15) is 5.11 Å². The SMILES string of the molecule is Cc1cc(-c2ccccc2)cc(C)c1-c1ccnc(-c2[c-]c(-c3cccc4c3nc(-c3cc(C(C)(C)C)cc(C(C)(C)C)c3O)n4-c3ccc(C(C)(C)C)cc3-c3ccccc3)c3oc4c5ccccc5c5ccccc5c4c3c2)c1.[Pt]. The fourth-order valence-corrected chi connectivity index (χ4v) is 12.3. The molecule has 3 aromatic heterocycles. The molecule has 0 spiro atoms. The molecule has 0 radical (unpaired) electrons. The molecule has 0 aliphatic carbocycles. The molecule has 1 N–H and O–H groups in total. The van der Waals surface area contributed by atoms with Crippen LogP contribution in [0.3, 0.4) is 0 Å². The van der Waals surface area contributed by atoms with Crippen molar-refractivity contribution in [2.24, 2.45) is 0 Å². The van der Waals surface area contributed by atoms with E-state index >= 15 is 0 Å². The zero-order valence-electron chi connectivity index (χ0n) is 48.5. The minimum Gasteiger partial charge on any atom is -0.507 e. The number of benzene rings is 10. The maximum atomic E-state index is 12.9. The summed E-state index contributed by atoms with van der Waals surface area (Å²) in [6.45, 7) is 24.4. The molecule has 0 atom stereocenters. The molecule has 0 fully saturated rings. The second-order valence-electron chi connectivity index (χ2n) is 25.2. The van der Waals surface area contributed by atoms with Crippen molar-refractivity contribution in [2.75, 3.05) is 0 Å². The Kier molecular flexibility index (Phi) is 13.4. The minimum atomic E-state index is -0.378. The third-order valence-electron chi connectivity index (χ3n) is 16.5. The second kappa shape index (κ2) is 20.3. The zero-order chi connectivity index (χ0) is 56.3. The molecule has 0 saturated carbocycles. The van der Waals surface area contributed by atoms with E-state index in [0.29, 0.717) is 17.0 Å². The number of aromatic hydroxyl groups is 1. The van der Waals surface area contributed by atoms with E-state index < -0.39 is 0 Å². The van der Waals surface area contributed by atoms with Crippen molar-refractivity contribution in [3.8, 4) is 78.6 Å². The topological polar surface area (TPSA) is 64.1 Å². The molecule has 0 bridgehead atoms. The Balaban J connectivity index is 0.00000665. The van der Waals surface area contributed by atoms with Crippen LogP contribution in [0.2, 0.25) is 0 Å². The number of hydrogen-bond acceptors (Lipinski definition) is 4. The van der Waals surface area contributed by atoms with Gasteiger partial charge in [-0.05, 0) is 132 Å². The molecule has 5 nitrogen and oxygen atoms in total. The Labute approximate surface area is 495 Å². The molecule has 82 heavy (non-hydrogen) atoms. The second-order valence-corrected chi connectivity index (χ2v) is 25.2. The molecule has 3 heterocycles. The third-order valence-corrected chi connectivity index (χ3v) is 16.5. The number of rotatable bonds is 7. The van der Waals surface area contributed by atoms with Crippen molar-refractivity contribution in [1.29, 1.82) is 0 Å². The first-order valence-electron chi connectivity index (χ1n) is 28.3. The van der Waals surface area contributed by atoms with Gasteiger partial charge < -0.3 is 9.52 Å². The van der Waals surface area contributed by atoms with Gasteiger partial charge in [0.1, 0.15) is 17.2 Å². The van der Waals surface area contributed by atoms with Crippen LogP contribution in [0.25, 0.3) is 127 Å². The van der Waals surface area contributed by atoms with Crippen molar-refractivity contribution < 1.29 is 30.6 Å². The maximum Gasteiger partial charge on any atom is 0.148 e. The number of fused-ring (bicyclic) bond motifs is 9. The minimum absolute atomic E-state index is 0. The Morgan fingerprint density at radius 3 is 1.76 bits per heavy atom. The molecular weight excluding hydrogens is 1180 g/mol. The summed E-state index contributed by atoms with van der Waals surface area (Å²) in [6.07, 6.45) is 1.93. The quantitative estimate of drug-likeness (QED) is 0.128. The first-order chi connectivity index (χ1) is 38.8. The Morgan fingerprint density at radius 1 is 0.488 bits per heavy atom. The summed E-state index contributed by atoms with van der Waals surface area (Å²) in [5.74, 6) is 0.860. The molecule has 408 valence electrons. The van der Waals surface area contributed by atoms with E-state index in [1.165, 1.54) is 33.4 Å². The van der Waals surface area contributed by atoms with Crippen LogP contribution in [0.1, 0.15) is 90.1 Å². The van der Waals surface area contributed by atoms with E-state index in [1.807, 2.05) is 6.20 Å². The molecule has 0 unspecified atom stereocenters. The van der Waals surface area contributed by atoms with Gasteiger partial charge in [-0.1, -0.05) is 231 Å². The van der Waals surface area contributed by atoms with Crippen molar-refractivity contribution in [2.45, 2.75) is 92.4 Å². The Hall–Kier alpha value is -8.37. The van der Waals surface area contributed by atoms with Gasteiger partial charge in [0.15, 0.2) is 0 Å². The van der Waals surface area contributed by atoms with Crippen LogP contribution in [-0.4, -0.2) is 19.6 Å². The van der Waals surface area contributed by atoms with Crippen LogP contribution >= 0.6 is 0 Å². The summed E-state index contributed by atoms with van der Waals surface area (Å²) >= 11 is 0. The van der Waals surface area contributed by atoms with Gasteiger partial charge in [-0.15, -0.1) is 12.1 Å². The van der Waals surface area contributed by atoms with Gasteiger partial charge in [-0.25, -0.2) is 4.98 Å². The monoisotopic (exact) mass is 1250 g/mol. The molecule has 6 heteroatoms. The first-order valence-corrected chi connectivity index (χ1v) is 28.3. The van der Waals surface area contributed by atoms with Crippen LogP contribution in [0.15, 0.2) is 199 Å². The number of para-hydroxylation sites is 1. The van der Waals surface area contributed by atoms with Crippen molar-refractivity contribution in [3.05, 3.63) is 228 Å². The smallest absolute Gasteiger partial charge is 0.148 e. The molecule has 0 amide bonds. The number of nitrogens with zero attached hydrogens (tertiary/aromatic N) is 3. The molecular formula is C76H66N3O2Pt-. The van der Waals surface area contributed by atoms with Gasteiger partial charge in [0.05, 0.1) is 27.9 Å². The van der Waals surface area contributed by atoms with Crippen LogP contribution in [0.5, 0.6) is 5.75 Å². The zero-order valence-corrected chi connectivity index (χ0v) is 50.8. The van der Waals surface area contributed by atoms with E-state index in [1.54, 1.807) is 0 Å². The van der Waals surface area contributed by atoms with Crippen molar-refractivity contribution in [1.82, 2.24) is 14.5 Å². The summed E-state index contributed by atoms with van der Waals surface area (Å²) in [5.41, 5.74) is 19.7. The average Bonchev–Trinajstić information content (AvgIpc) is 2.81.